The molecule has 0 saturated heterocycles. The number of hydrogen-bond acceptors (Lipinski definition) is 2. The van der Waals surface area contributed by atoms with Gasteiger partial charge in [-0.15, -0.1) is 0 Å². The van der Waals surface area contributed by atoms with Crippen molar-refractivity contribution in [2.24, 2.45) is 5.73 Å². The molecule has 5 heteroatoms. The molecule has 2 aromatic heterocycles. The second kappa shape index (κ2) is 3.92. The molecule has 0 aromatic carbocycles. The van der Waals surface area contributed by atoms with Gasteiger partial charge in [-0.25, -0.2) is 9.37 Å². The zero-order valence-electron chi connectivity index (χ0n) is 8.90. The van der Waals surface area contributed by atoms with Crippen molar-refractivity contribution in [2.45, 2.75) is 19.8 Å². The molecule has 0 bridgehead atoms. The molecule has 84 valence electrons. The van der Waals surface area contributed by atoms with E-state index in [4.69, 9.17) is 5.73 Å². The number of aryl methyl sites for hydroxylation is 1. The number of amides is 1. The highest BCUT2D eigenvalue weighted by Gasteiger charge is 2.17. The van der Waals surface area contributed by atoms with Crippen molar-refractivity contribution < 1.29 is 9.18 Å². The predicted octanol–water partition coefficient (Wildman–Crippen LogP) is 1.52. The van der Waals surface area contributed by atoms with Gasteiger partial charge in [0.05, 0.1) is 0 Å². The van der Waals surface area contributed by atoms with Crippen molar-refractivity contribution in [1.29, 1.82) is 0 Å². The van der Waals surface area contributed by atoms with Gasteiger partial charge in [-0.3, -0.25) is 4.79 Å². The third-order valence-electron chi connectivity index (χ3n) is 2.40. The summed E-state index contributed by atoms with van der Waals surface area (Å²) in [6.07, 6.45) is 3.23. The summed E-state index contributed by atoms with van der Waals surface area (Å²) in [4.78, 5) is 15.3. The molecule has 0 unspecified atom stereocenters. The van der Waals surface area contributed by atoms with E-state index in [1.165, 1.54) is 6.07 Å². The van der Waals surface area contributed by atoms with E-state index in [0.717, 1.165) is 6.42 Å². The van der Waals surface area contributed by atoms with E-state index < -0.39 is 11.7 Å². The van der Waals surface area contributed by atoms with Crippen LogP contribution in [0.2, 0.25) is 0 Å². The van der Waals surface area contributed by atoms with E-state index in [1.54, 1.807) is 16.7 Å². The average molecular weight is 221 g/mol. The highest BCUT2D eigenvalue weighted by atomic mass is 19.1. The fraction of sp³-hybridized carbons (Fsp3) is 0.273. The van der Waals surface area contributed by atoms with Crippen LogP contribution in [0, 0.1) is 5.82 Å². The number of fused-ring (bicyclic) bond motifs is 1. The topological polar surface area (TPSA) is 60.4 Å². The minimum absolute atomic E-state index is 0.00144. The van der Waals surface area contributed by atoms with Crippen LogP contribution >= 0.6 is 0 Å². The van der Waals surface area contributed by atoms with Crippen LogP contribution in [0.5, 0.6) is 0 Å². The number of imidazole rings is 1. The van der Waals surface area contributed by atoms with E-state index in [-0.39, 0.29) is 11.2 Å². The molecule has 0 aliphatic carbocycles. The Hall–Kier alpha value is -1.91. The van der Waals surface area contributed by atoms with Crippen LogP contribution in [0.1, 0.15) is 29.7 Å². The van der Waals surface area contributed by atoms with E-state index in [0.29, 0.717) is 12.2 Å². The molecule has 0 saturated carbocycles. The molecule has 0 spiro atoms. The summed E-state index contributed by atoms with van der Waals surface area (Å²) in [6, 6.07) is 2.87. The molecule has 1 amide bonds. The summed E-state index contributed by atoms with van der Waals surface area (Å²) in [5, 5.41) is 0. The summed E-state index contributed by atoms with van der Waals surface area (Å²) in [7, 11) is 0. The molecule has 2 heterocycles. The molecule has 0 aliphatic heterocycles. The number of hydrogen-bond donors (Lipinski definition) is 1. The first-order chi connectivity index (χ1) is 7.65. The van der Waals surface area contributed by atoms with Crippen LogP contribution < -0.4 is 5.73 Å². The number of nitrogens with two attached hydrogens (primary N) is 1. The quantitative estimate of drug-likeness (QED) is 0.854. The van der Waals surface area contributed by atoms with Gasteiger partial charge in [-0.05, 0) is 18.6 Å². The Bertz CT molecular complexity index is 547. The fourth-order valence-corrected chi connectivity index (χ4v) is 1.73. The van der Waals surface area contributed by atoms with Crippen LogP contribution in [0.25, 0.3) is 5.52 Å². The second-order valence-corrected chi connectivity index (χ2v) is 3.57. The number of halogens is 1. The molecule has 0 aliphatic rings. The number of nitrogens with zero attached hydrogens (tertiary/aromatic N) is 2. The minimum atomic E-state index is -0.704. The summed E-state index contributed by atoms with van der Waals surface area (Å²) >= 11 is 0. The van der Waals surface area contributed by atoms with Crippen LogP contribution in [0.3, 0.4) is 0 Å². The van der Waals surface area contributed by atoms with E-state index >= 15 is 0 Å². The maximum Gasteiger partial charge on any atom is 0.269 e. The van der Waals surface area contributed by atoms with Crippen molar-refractivity contribution in [3.05, 3.63) is 35.7 Å². The zero-order chi connectivity index (χ0) is 11.7. The Morgan fingerprint density at radius 2 is 2.38 bits per heavy atom. The summed E-state index contributed by atoms with van der Waals surface area (Å²) in [6.45, 7) is 1.99. The van der Waals surface area contributed by atoms with Crippen molar-refractivity contribution >= 4 is 11.4 Å². The molecule has 0 fully saturated rings. The molecular weight excluding hydrogens is 209 g/mol. The number of primary amides is 1. The lowest BCUT2D eigenvalue weighted by molar-refractivity contribution is 0.0997. The number of aromatic nitrogens is 2. The predicted molar refractivity (Wildman–Crippen MR) is 57.7 cm³/mol. The molecule has 16 heavy (non-hydrogen) atoms. The highest BCUT2D eigenvalue weighted by molar-refractivity contribution is 5.98. The largest absolute Gasteiger partial charge is 0.364 e. The first-order valence-electron chi connectivity index (χ1n) is 5.10. The van der Waals surface area contributed by atoms with Crippen LogP contribution in [0.4, 0.5) is 4.39 Å². The monoisotopic (exact) mass is 221 g/mol. The van der Waals surface area contributed by atoms with Gasteiger partial charge >= 0.3 is 0 Å². The van der Waals surface area contributed by atoms with Gasteiger partial charge in [0.2, 0.25) is 0 Å². The SMILES string of the molecule is CCCc1nc(C(N)=O)c2c(F)cccn12. The van der Waals surface area contributed by atoms with E-state index in [9.17, 15) is 9.18 Å². The molecule has 2 rings (SSSR count). The summed E-state index contributed by atoms with van der Waals surface area (Å²) < 4.78 is 15.2. The average Bonchev–Trinajstić information content (AvgIpc) is 2.60. The Morgan fingerprint density at radius 3 is 3.00 bits per heavy atom. The van der Waals surface area contributed by atoms with Crippen molar-refractivity contribution in [1.82, 2.24) is 9.38 Å². The zero-order valence-corrected chi connectivity index (χ0v) is 8.90. The third-order valence-corrected chi connectivity index (χ3v) is 2.40. The summed E-state index contributed by atoms with van der Waals surface area (Å²) in [5.41, 5.74) is 5.34. The van der Waals surface area contributed by atoms with Gasteiger partial charge < -0.3 is 10.1 Å². The Labute approximate surface area is 91.9 Å². The van der Waals surface area contributed by atoms with E-state index in [1.807, 2.05) is 6.92 Å². The standard InChI is InChI=1S/C11H12FN3O/c1-2-4-8-14-9(11(13)16)10-7(12)5-3-6-15(8)10/h3,5-6H,2,4H2,1H3,(H2,13,16). The number of carbonyl (C=O) groups is 1. The van der Waals surface area contributed by atoms with Crippen LogP contribution in [-0.2, 0) is 6.42 Å². The summed E-state index contributed by atoms with van der Waals surface area (Å²) in [5.74, 6) is -0.526. The normalized spacial score (nSPS) is 10.9. The number of pyridine rings is 1. The van der Waals surface area contributed by atoms with Gasteiger partial charge in [-0.2, -0.15) is 0 Å². The maximum absolute atomic E-state index is 13.6. The Morgan fingerprint density at radius 1 is 1.62 bits per heavy atom. The van der Waals surface area contributed by atoms with E-state index in [2.05, 4.69) is 4.98 Å². The lowest BCUT2D eigenvalue weighted by Crippen LogP contribution is -2.12. The number of carbonyl (C=O) groups excluding carboxylic acids is 1. The minimum Gasteiger partial charge on any atom is -0.364 e. The molecule has 2 aromatic rings. The van der Waals surface area contributed by atoms with Gasteiger partial charge in [0.15, 0.2) is 5.69 Å². The molecule has 0 atom stereocenters. The lowest BCUT2D eigenvalue weighted by atomic mass is 10.3. The van der Waals surface area contributed by atoms with Crippen LogP contribution in [0.15, 0.2) is 18.3 Å². The third kappa shape index (κ3) is 1.54. The number of rotatable bonds is 3. The first-order valence-corrected chi connectivity index (χ1v) is 5.10. The fourth-order valence-electron chi connectivity index (χ4n) is 1.73. The Kier molecular flexibility index (Phi) is 2.60. The van der Waals surface area contributed by atoms with Crippen molar-refractivity contribution in [3.63, 3.8) is 0 Å². The first kappa shape index (κ1) is 10.6. The smallest absolute Gasteiger partial charge is 0.269 e. The van der Waals surface area contributed by atoms with Crippen LogP contribution in [-0.4, -0.2) is 15.3 Å². The molecular formula is C11H12FN3O. The Balaban J connectivity index is 2.76. The molecule has 0 radical (unpaired) electrons. The second-order valence-electron chi connectivity index (χ2n) is 3.57. The molecule has 2 N–H and O–H groups in total. The van der Waals surface area contributed by atoms with Crippen molar-refractivity contribution in [3.8, 4) is 0 Å². The van der Waals surface area contributed by atoms with Gasteiger partial charge in [-0.1, -0.05) is 6.92 Å². The van der Waals surface area contributed by atoms with Gasteiger partial charge in [0, 0.05) is 12.6 Å². The van der Waals surface area contributed by atoms with Crippen molar-refractivity contribution in [2.75, 3.05) is 0 Å². The van der Waals surface area contributed by atoms with Gasteiger partial charge in [0.1, 0.15) is 17.2 Å². The maximum atomic E-state index is 13.6. The highest BCUT2D eigenvalue weighted by Crippen LogP contribution is 2.17. The van der Waals surface area contributed by atoms with Gasteiger partial charge in [0.25, 0.3) is 5.91 Å². The lowest BCUT2D eigenvalue weighted by Gasteiger charge is -1.99. The molecule has 4 nitrogen and oxygen atoms in total.